The Kier molecular flexibility index (Phi) is 5.69. The van der Waals surface area contributed by atoms with E-state index in [9.17, 15) is 21.6 Å². The van der Waals surface area contributed by atoms with Crippen LogP contribution in [-0.2, 0) is 22.7 Å². The van der Waals surface area contributed by atoms with E-state index in [0.717, 1.165) is 0 Å². The second kappa shape index (κ2) is 8.16. The van der Waals surface area contributed by atoms with Crippen LogP contribution in [0.25, 0.3) is 11.0 Å². The van der Waals surface area contributed by atoms with E-state index in [-0.39, 0.29) is 30.4 Å². The predicted octanol–water partition coefficient (Wildman–Crippen LogP) is 4.16. The minimum Gasteiger partial charge on any atom is -0.497 e. The number of para-hydroxylation sites is 2. The van der Waals surface area contributed by atoms with Crippen LogP contribution in [0.2, 0.25) is 0 Å². The van der Waals surface area contributed by atoms with Crippen LogP contribution >= 0.6 is 0 Å². The van der Waals surface area contributed by atoms with Crippen LogP contribution in [0.5, 0.6) is 5.75 Å². The van der Waals surface area contributed by atoms with Gasteiger partial charge in [-0.2, -0.15) is 17.5 Å². The lowest BCUT2D eigenvalue weighted by Crippen LogP contribution is -2.39. The van der Waals surface area contributed by atoms with Crippen molar-refractivity contribution in [1.29, 1.82) is 0 Å². The van der Waals surface area contributed by atoms with Gasteiger partial charge in [-0.15, -0.1) is 0 Å². The molecule has 0 N–H and O–H groups in total. The van der Waals surface area contributed by atoms with Crippen LogP contribution in [-0.4, -0.2) is 42.5 Å². The molecular formula is C21H22F3N3O3S. The molecule has 0 amide bonds. The second-order valence-electron chi connectivity index (χ2n) is 7.56. The molecule has 6 nitrogen and oxygen atoms in total. The monoisotopic (exact) mass is 453 g/mol. The number of benzene rings is 2. The average molecular weight is 453 g/mol. The third-order valence-corrected chi connectivity index (χ3v) is 7.53. The molecular weight excluding hydrogens is 431 g/mol. The number of imidazole rings is 1. The quantitative estimate of drug-likeness (QED) is 0.582. The molecule has 1 saturated heterocycles. The van der Waals surface area contributed by atoms with E-state index >= 15 is 0 Å². The van der Waals surface area contributed by atoms with E-state index < -0.39 is 22.0 Å². The average Bonchev–Trinajstić information content (AvgIpc) is 3.13. The highest BCUT2D eigenvalue weighted by molar-refractivity contribution is 7.89. The first-order chi connectivity index (χ1) is 14.7. The molecule has 0 radical (unpaired) electrons. The molecule has 0 spiro atoms. The van der Waals surface area contributed by atoms with Gasteiger partial charge in [0.2, 0.25) is 15.8 Å². The molecule has 1 aromatic heterocycles. The zero-order chi connectivity index (χ0) is 22.2. The van der Waals surface area contributed by atoms with Crippen LogP contribution < -0.4 is 4.74 Å². The smallest absolute Gasteiger partial charge is 0.449 e. The van der Waals surface area contributed by atoms with Crippen molar-refractivity contribution in [2.45, 2.75) is 30.5 Å². The SMILES string of the molecule is COc1ccc(S(=O)(=O)N2CCC(Cn3c(C(F)(F)F)nc4ccccc43)CC2)cc1. The summed E-state index contributed by atoms with van der Waals surface area (Å²) in [7, 11) is -2.16. The summed E-state index contributed by atoms with van der Waals surface area (Å²) in [4.78, 5) is 3.95. The number of rotatable bonds is 5. The topological polar surface area (TPSA) is 64.4 Å². The molecule has 1 aliphatic rings. The number of hydrogen-bond acceptors (Lipinski definition) is 4. The Hall–Kier alpha value is -2.59. The van der Waals surface area contributed by atoms with Gasteiger partial charge in [0.05, 0.1) is 23.0 Å². The Morgan fingerprint density at radius 2 is 1.71 bits per heavy atom. The van der Waals surface area contributed by atoms with E-state index in [0.29, 0.717) is 29.6 Å². The number of sulfonamides is 1. The molecule has 10 heteroatoms. The van der Waals surface area contributed by atoms with Gasteiger partial charge in [-0.1, -0.05) is 12.1 Å². The number of methoxy groups -OCH3 is 1. The van der Waals surface area contributed by atoms with Gasteiger partial charge in [0, 0.05) is 19.6 Å². The molecule has 0 unspecified atom stereocenters. The summed E-state index contributed by atoms with van der Waals surface area (Å²) in [6.45, 7) is 0.659. The molecule has 2 heterocycles. The Morgan fingerprint density at radius 3 is 2.32 bits per heavy atom. The fraction of sp³-hybridized carbons (Fsp3) is 0.381. The zero-order valence-electron chi connectivity index (χ0n) is 16.8. The Morgan fingerprint density at radius 1 is 1.06 bits per heavy atom. The van der Waals surface area contributed by atoms with E-state index in [2.05, 4.69) is 4.98 Å². The largest absolute Gasteiger partial charge is 0.497 e. The highest BCUT2D eigenvalue weighted by atomic mass is 32.2. The summed E-state index contributed by atoms with van der Waals surface area (Å²) in [6, 6.07) is 12.7. The van der Waals surface area contributed by atoms with Crippen molar-refractivity contribution in [1.82, 2.24) is 13.9 Å². The first-order valence-electron chi connectivity index (χ1n) is 9.87. The standard InChI is InChI=1S/C21H22F3N3O3S/c1-30-16-6-8-17(9-7-16)31(28,29)26-12-10-15(11-13-26)14-27-19-5-3-2-4-18(19)25-20(27)21(22,23)24/h2-9,15H,10-14H2,1H3. The van der Waals surface area contributed by atoms with Crippen LogP contribution in [0.4, 0.5) is 13.2 Å². The lowest BCUT2D eigenvalue weighted by molar-refractivity contribution is -0.147. The fourth-order valence-electron chi connectivity index (χ4n) is 3.96. The number of halogens is 3. The van der Waals surface area contributed by atoms with Crippen molar-refractivity contribution < 1.29 is 26.3 Å². The number of piperidine rings is 1. The maximum atomic E-state index is 13.5. The molecule has 4 rings (SSSR count). The minimum atomic E-state index is -4.56. The summed E-state index contributed by atoms with van der Waals surface area (Å²) in [5.41, 5.74) is 0.734. The number of hydrogen-bond donors (Lipinski definition) is 0. The van der Waals surface area contributed by atoms with Gasteiger partial charge >= 0.3 is 6.18 Å². The van der Waals surface area contributed by atoms with E-state index in [1.807, 2.05) is 0 Å². The predicted molar refractivity (Wildman–Crippen MR) is 109 cm³/mol. The molecule has 0 saturated carbocycles. The molecule has 2 aromatic carbocycles. The second-order valence-corrected chi connectivity index (χ2v) is 9.49. The van der Waals surface area contributed by atoms with E-state index in [1.54, 1.807) is 36.4 Å². The summed E-state index contributed by atoms with van der Waals surface area (Å²) < 4.78 is 74.0. The number of fused-ring (bicyclic) bond motifs is 1. The summed E-state index contributed by atoms with van der Waals surface area (Å²) in [5, 5.41) is 0. The molecule has 0 bridgehead atoms. The highest BCUT2D eigenvalue weighted by Crippen LogP contribution is 2.33. The molecule has 31 heavy (non-hydrogen) atoms. The number of nitrogens with zero attached hydrogens (tertiary/aromatic N) is 3. The van der Waals surface area contributed by atoms with Gasteiger partial charge in [0.1, 0.15) is 5.75 Å². The molecule has 0 aliphatic carbocycles. The van der Waals surface area contributed by atoms with E-state index in [1.165, 1.54) is 28.1 Å². The van der Waals surface area contributed by atoms with Crippen molar-refractivity contribution in [3.05, 3.63) is 54.4 Å². The number of alkyl halides is 3. The van der Waals surface area contributed by atoms with Crippen LogP contribution in [0.15, 0.2) is 53.4 Å². The van der Waals surface area contributed by atoms with Crippen molar-refractivity contribution in [3.8, 4) is 5.75 Å². The molecule has 0 atom stereocenters. The first kappa shape index (κ1) is 21.6. The lowest BCUT2D eigenvalue weighted by Gasteiger charge is -2.31. The maximum Gasteiger partial charge on any atom is 0.449 e. The Bertz CT molecular complexity index is 1170. The molecule has 1 fully saturated rings. The van der Waals surface area contributed by atoms with Crippen molar-refractivity contribution >= 4 is 21.1 Å². The van der Waals surface area contributed by atoms with Gasteiger partial charge in [-0.25, -0.2) is 13.4 Å². The van der Waals surface area contributed by atoms with Crippen LogP contribution in [0.1, 0.15) is 18.7 Å². The van der Waals surface area contributed by atoms with Crippen LogP contribution in [0, 0.1) is 5.92 Å². The minimum absolute atomic E-state index is 0.0824. The first-order valence-corrected chi connectivity index (χ1v) is 11.3. The summed E-state index contributed by atoms with van der Waals surface area (Å²) in [5.74, 6) is -0.436. The molecule has 166 valence electrons. The third kappa shape index (κ3) is 4.27. The summed E-state index contributed by atoms with van der Waals surface area (Å²) >= 11 is 0. The highest BCUT2D eigenvalue weighted by Gasteiger charge is 2.38. The van der Waals surface area contributed by atoms with E-state index in [4.69, 9.17) is 4.74 Å². The Balaban J connectivity index is 1.50. The lowest BCUT2D eigenvalue weighted by atomic mass is 9.98. The maximum absolute atomic E-state index is 13.5. The number of ether oxygens (including phenoxy) is 1. The van der Waals surface area contributed by atoms with Crippen molar-refractivity contribution in [2.75, 3.05) is 20.2 Å². The Labute approximate surface area is 178 Å². The third-order valence-electron chi connectivity index (χ3n) is 5.62. The molecule has 3 aromatic rings. The van der Waals surface area contributed by atoms with Gasteiger partial charge in [0.25, 0.3) is 0 Å². The normalized spacial score (nSPS) is 16.6. The summed E-state index contributed by atoms with van der Waals surface area (Å²) in [6.07, 6.45) is -3.62. The van der Waals surface area contributed by atoms with Crippen molar-refractivity contribution in [3.63, 3.8) is 0 Å². The van der Waals surface area contributed by atoms with Crippen LogP contribution in [0.3, 0.4) is 0 Å². The van der Waals surface area contributed by atoms with Gasteiger partial charge in [-0.3, -0.25) is 0 Å². The van der Waals surface area contributed by atoms with Gasteiger partial charge in [0.15, 0.2) is 0 Å². The zero-order valence-corrected chi connectivity index (χ0v) is 17.7. The van der Waals surface area contributed by atoms with Gasteiger partial charge < -0.3 is 9.30 Å². The van der Waals surface area contributed by atoms with Gasteiger partial charge in [-0.05, 0) is 55.2 Å². The molecule has 1 aliphatic heterocycles. The van der Waals surface area contributed by atoms with Crippen molar-refractivity contribution in [2.24, 2.45) is 5.92 Å². The fourth-order valence-corrected chi connectivity index (χ4v) is 5.43. The number of aromatic nitrogens is 2.